The van der Waals surface area contributed by atoms with Crippen LogP contribution in [0.4, 0.5) is 14.5 Å². The van der Waals surface area contributed by atoms with Crippen LogP contribution in [0.15, 0.2) is 60.8 Å². The van der Waals surface area contributed by atoms with E-state index in [0.29, 0.717) is 22.8 Å². The third-order valence-corrected chi connectivity index (χ3v) is 9.03. The molecule has 5 rings (SSSR count). The summed E-state index contributed by atoms with van der Waals surface area (Å²) in [4.78, 5) is 39.3. The Morgan fingerprint density at radius 2 is 1.87 bits per heavy atom. The van der Waals surface area contributed by atoms with Gasteiger partial charge in [0, 0.05) is 36.5 Å². The molecule has 2 unspecified atom stereocenters. The molecule has 53 heavy (non-hydrogen) atoms. The van der Waals surface area contributed by atoms with Crippen molar-refractivity contribution in [3.8, 4) is 22.0 Å². The number of amides is 1. The van der Waals surface area contributed by atoms with Crippen molar-refractivity contribution in [3.05, 3.63) is 78.3 Å². The predicted molar refractivity (Wildman–Crippen MR) is 199 cm³/mol. The number of aromatic nitrogens is 6. The van der Waals surface area contributed by atoms with E-state index < -0.39 is 32.5 Å². The van der Waals surface area contributed by atoms with Crippen LogP contribution in [-0.4, -0.2) is 74.6 Å². The third kappa shape index (κ3) is 13.5. The minimum absolute atomic E-state index is 0.0292. The number of hydrogen-bond acceptors (Lipinski definition) is 14. The summed E-state index contributed by atoms with van der Waals surface area (Å²) in [6.45, 7) is 11.1. The second-order valence-corrected chi connectivity index (χ2v) is 13.4. The monoisotopic (exact) mass is 780 g/mol. The molecule has 0 spiro atoms. The number of pyridine rings is 1. The molecule has 4 heterocycles. The number of carbonyl (C=O) groups excluding carboxylic acids is 1. The molecule has 0 saturated heterocycles. The van der Waals surface area contributed by atoms with Gasteiger partial charge in [-0.2, -0.15) is 14.6 Å². The Morgan fingerprint density at radius 3 is 2.51 bits per heavy atom. The molecule has 10 N–H and O–H groups in total. The molecule has 290 valence electrons. The van der Waals surface area contributed by atoms with Crippen LogP contribution in [0, 0.1) is 11.8 Å². The lowest BCUT2D eigenvalue weighted by molar-refractivity contribution is 0.102. The van der Waals surface area contributed by atoms with Crippen LogP contribution in [0.25, 0.3) is 22.0 Å². The Morgan fingerprint density at radius 1 is 1.17 bits per heavy atom. The fourth-order valence-corrected chi connectivity index (χ4v) is 6.19. The highest BCUT2D eigenvalue weighted by Crippen LogP contribution is 2.35. The van der Waals surface area contributed by atoms with Gasteiger partial charge in [-0.1, -0.05) is 32.4 Å². The molecule has 1 amide bonds. The zero-order valence-corrected chi connectivity index (χ0v) is 31.2. The lowest BCUT2D eigenvalue weighted by atomic mass is 9.96. The average molecular weight is 781 g/mol. The van der Waals surface area contributed by atoms with Gasteiger partial charge in [0.25, 0.3) is 5.91 Å². The number of nitrogens with zero attached hydrogens (tertiary/aromatic N) is 6. The molecule has 1 aliphatic rings. The lowest BCUT2D eigenvalue weighted by Crippen LogP contribution is -2.25. The number of carbonyl (C=O) groups is 1. The molecule has 20 heteroatoms. The van der Waals surface area contributed by atoms with E-state index in [9.17, 15) is 13.6 Å². The van der Waals surface area contributed by atoms with Crippen molar-refractivity contribution in [1.82, 2.24) is 34.8 Å². The minimum Gasteiger partial charge on any atom is -0.511 e. The van der Waals surface area contributed by atoms with Gasteiger partial charge in [-0.05, 0) is 51.7 Å². The van der Waals surface area contributed by atoms with Gasteiger partial charge >= 0.3 is 8.60 Å². The Labute approximate surface area is 311 Å². The first kappa shape index (κ1) is 43.0. The molecular weight excluding hydrogens is 733 g/mol. The van der Waals surface area contributed by atoms with Gasteiger partial charge in [0.05, 0.1) is 29.8 Å². The van der Waals surface area contributed by atoms with Crippen LogP contribution in [0.2, 0.25) is 0 Å². The molecule has 1 fully saturated rings. The molecule has 4 aromatic heterocycles. The standard InChI is InChI=1S/C23H24F2N7O4PS.C8H17N3O.C2H6O/c1-13(36-37(34)35)31-10-14(9-26-31)23-28-18(12-38-23)22(33)27-17-11-32(15-5-3-2-4-6-15)30-21(17)20-16(24)7-8-19(25)29-20;1-6(12)8(10)4-3-5-11-7(2)9;1-2-3/h7-13,15,34-35H,2-6H2,1H3,(H,27,33);8,11-12H,1-5,9-10H2;3H,2H2,1H3. The summed E-state index contributed by atoms with van der Waals surface area (Å²) < 4.78 is 36.5. The second-order valence-electron chi connectivity index (χ2n) is 11.8. The van der Waals surface area contributed by atoms with Crippen molar-refractivity contribution >= 4 is 31.5 Å². The Kier molecular flexibility index (Phi) is 17.4. The summed E-state index contributed by atoms with van der Waals surface area (Å²) in [6, 6.07) is 1.65. The normalized spacial score (nSPS) is 14.0. The van der Waals surface area contributed by atoms with Crippen LogP contribution in [0.5, 0.6) is 0 Å². The van der Waals surface area contributed by atoms with Gasteiger partial charge in [0.2, 0.25) is 5.95 Å². The van der Waals surface area contributed by atoms with E-state index in [0.717, 1.165) is 57.2 Å². The van der Waals surface area contributed by atoms with E-state index in [-0.39, 0.29) is 47.2 Å². The number of rotatable bonds is 14. The highest BCUT2D eigenvalue weighted by Gasteiger charge is 2.24. The van der Waals surface area contributed by atoms with Crippen LogP contribution >= 0.6 is 19.9 Å². The van der Waals surface area contributed by atoms with Gasteiger partial charge in [-0.3, -0.25) is 14.0 Å². The number of hydrogen-bond donors (Lipinski definition) is 8. The average Bonchev–Trinajstić information content (AvgIpc) is 3.89. The fourth-order valence-electron chi connectivity index (χ4n) is 5.04. The molecule has 1 saturated carbocycles. The molecule has 4 aromatic rings. The highest BCUT2D eigenvalue weighted by atomic mass is 32.1. The maximum absolute atomic E-state index is 14.6. The first-order valence-electron chi connectivity index (χ1n) is 16.7. The Hall–Kier alpha value is -4.36. The van der Waals surface area contributed by atoms with Gasteiger partial charge in [-0.15, -0.1) is 11.3 Å². The summed E-state index contributed by atoms with van der Waals surface area (Å²) in [5, 5.41) is 32.7. The number of halogens is 2. The van der Waals surface area contributed by atoms with Gasteiger partial charge < -0.3 is 42.1 Å². The summed E-state index contributed by atoms with van der Waals surface area (Å²) in [5.74, 6) is -1.68. The summed E-state index contributed by atoms with van der Waals surface area (Å²) in [5.41, 5.74) is 11.4. The summed E-state index contributed by atoms with van der Waals surface area (Å²) in [7, 11) is -2.55. The van der Waals surface area contributed by atoms with E-state index in [1.807, 2.05) is 0 Å². The van der Waals surface area contributed by atoms with Crippen molar-refractivity contribution < 1.29 is 38.1 Å². The lowest BCUT2D eigenvalue weighted by Gasteiger charge is -2.21. The predicted octanol–water partition coefficient (Wildman–Crippen LogP) is 5.23. The maximum Gasteiger partial charge on any atom is 0.329 e. The second kappa shape index (κ2) is 21.4. The van der Waals surface area contributed by atoms with E-state index in [2.05, 4.69) is 44.0 Å². The summed E-state index contributed by atoms with van der Waals surface area (Å²) in [6.07, 6.45) is 10.6. The molecule has 0 aromatic carbocycles. The Balaban J connectivity index is 0.000000427. The van der Waals surface area contributed by atoms with E-state index >= 15 is 0 Å². The van der Waals surface area contributed by atoms with Gasteiger partial charge in [0.1, 0.15) is 27.8 Å². The fraction of sp³-hybridized carbons (Fsp3) is 0.424. The zero-order valence-electron chi connectivity index (χ0n) is 29.5. The van der Waals surface area contributed by atoms with Crippen molar-refractivity contribution in [1.29, 1.82) is 0 Å². The number of nitrogens with two attached hydrogens (primary N) is 2. The van der Waals surface area contributed by atoms with Gasteiger partial charge in [0.15, 0.2) is 12.0 Å². The van der Waals surface area contributed by atoms with Crippen molar-refractivity contribution in [3.63, 3.8) is 0 Å². The first-order valence-corrected chi connectivity index (χ1v) is 18.8. The smallest absolute Gasteiger partial charge is 0.329 e. The number of aliphatic hydroxyl groups excluding tert-OH is 2. The van der Waals surface area contributed by atoms with Crippen molar-refractivity contribution in [2.24, 2.45) is 11.5 Å². The maximum atomic E-state index is 14.6. The van der Waals surface area contributed by atoms with Crippen LogP contribution in [0.1, 0.15) is 81.6 Å². The third-order valence-electron chi connectivity index (χ3n) is 7.64. The van der Waals surface area contributed by atoms with Gasteiger partial charge in [-0.25, -0.2) is 19.0 Å². The van der Waals surface area contributed by atoms with Crippen LogP contribution in [0.3, 0.4) is 0 Å². The molecule has 2 atom stereocenters. The largest absolute Gasteiger partial charge is 0.511 e. The zero-order chi connectivity index (χ0) is 39.1. The van der Waals surface area contributed by atoms with E-state index in [1.54, 1.807) is 36.3 Å². The van der Waals surface area contributed by atoms with Crippen molar-refractivity contribution in [2.75, 3.05) is 18.5 Å². The topological polar surface area (TPSA) is 245 Å². The number of anilines is 1. The molecule has 0 radical (unpaired) electrons. The first-order chi connectivity index (χ1) is 25.2. The van der Waals surface area contributed by atoms with Crippen LogP contribution < -0.4 is 22.1 Å². The summed E-state index contributed by atoms with van der Waals surface area (Å²) >= 11 is 1.21. The number of nitrogens with one attached hydrogen (secondary N) is 2. The molecule has 16 nitrogen and oxygen atoms in total. The number of aliphatic hydroxyl groups is 2. The van der Waals surface area contributed by atoms with E-state index in [1.165, 1.54) is 22.2 Å². The Bertz CT molecular complexity index is 1780. The molecule has 0 bridgehead atoms. The number of thiazole rings is 1. The van der Waals surface area contributed by atoms with Crippen molar-refractivity contribution in [2.45, 2.75) is 77.1 Å². The highest BCUT2D eigenvalue weighted by molar-refractivity contribution is 7.39. The SMILES string of the molecule is C=C(N)NCCCC(N)C(=C)O.CC(OP(O)O)n1cc(-c2nc(C(=O)Nc3cn(C4CCCCC4)nc3-c3nc(F)ccc3F)cs2)cn1.CCO. The van der Waals surface area contributed by atoms with Crippen LogP contribution in [-0.2, 0) is 4.52 Å². The molecular formula is C33H47F2N10O6PS. The molecule has 0 aliphatic heterocycles. The minimum atomic E-state index is -2.55. The van der Waals surface area contributed by atoms with E-state index in [4.69, 9.17) is 36.0 Å². The molecule has 1 aliphatic carbocycles. The quantitative estimate of drug-likeness (QED) is 0.0354.